The number of phenolic OH excluding ortho intramolecular Hbond substituents is 1. The number of benzene rings is 2. The van der Waals surface area contributed by atoms with Crippen molar-refractivity contribution >= 4 is 0 Å². The first-order chi connectivity index (χ1) is 8.29. The summed E-state index contributed by atoms with van der Waals surface area (Å²) in [5.74, 6) is 0.281. The number of rotatable bonds is 4. The van der Waals surface area contributed by atoms with Crippen molar-refractivity contribution in [3.8, 4) is 16.9 Å². The molecule has 0 aliphatic carbocycles. The lowest BCUT2D eigenvalue weighted by Crippen LogP contribution is -1.89. The van der Waals surface area contributed by atoms with E-state index in [1.54, 1.807) is 12.1 Å². The van der Waals surface area contributed by atoms with Crippen LogP contribution in [0.5, 0.6) is 5.75 Å². The summed E-state index contributed by atoms with van der Waals surface area (Å²) in [6.45, 7) is 0.219. The number of aliphatic hydroxyl groups is 1. The van der Waals surface area contributed by atoms with Gasteiger partial charge in [0.25, 0.3) is 0 Å². The lowest BCUT2D eigenvalue weighted by Gasteiger charge is -2.05. The third-order valence-electron chi connectivity index (χ3n) is 2.73. The van der Waals surface area contributed by atoms with Crippen LogP contribution in [0.2, 0.25) is 0 Å². The summed E-state index contributed by atoms with van der Waals surface area (Å²) in [7, 11) is 0. The van der Waals surface area contributed by atoms with E-state index in [0.717, 1.165) is 24.0 Å². The fraction of sp³-hybridized carbons (Fsp3) is 0.200. The molecule has 0 aromatic heterocycles. The molecule has 0 fully saturated rings. The van der Waals surface area contributed by atoms with Gasteiger partial charge in [0.2, 0.25) is 0 Å². The summed E-state index contributed by atoms with van der Waals surface area (Å²) in [6, 6.07) is 15.4. The molecule has 0 saturated heterocycles. The monoisotopic (exact) mass is 228 g/mol. The Morgan fingerprint density at radius 1 is 0.882 bits per heavy atom. The second kappa shape index (κ2) is 5.51. The van der Waals surface area contributed by atoms with E-state index in [9.17, 15) is 5.11 Å². The Hall–Kier alpha value is -1.80. The number of aliphatic hydroxyl groups excluding tert-OH is 1. The van der Waals surface area contributed by atoms with E-state index >= 15 is 0 Å². The maximum Gasteiger partial charge on any atom is 0.116 e. The number of phenols is 1. The van der Waals surface area contributed by atoms with Gasteiger partial charge in [0, 0.05) is 6.61 Å². The van der Waals surface area contributed by atoms with Crippen molar-refractivity contribution in [1.29, 1.82) is 0 Å². The van der Waals surface area contributed by atoms with Gasteiger partial charge in [-0.2, -0.15) is 0 Å². The smallest absolute Gasteiger partial charge is 0.116 e. The van der Waals surface area contributed by atoms with Crippen LogP contribution in [-0.4, -0.2) is 16.8 Å². The molecule has 0 bridgehead atoms. The first kappa shape index (κ1) is 11.7. The largest absolute Gasteiger partial charge is 0.508 e. The zero-order chi connectivity index (χ0) is 12.1. The maximum absolute atomic E-state index is 9.45. The van der Waals surface area contributed by atoms with Crippen molar-refractivity contribution in [2.24, 2.45) is 0 Å². The van der Waals surface area contributed by atoms with Crippen LogP contribution in [0.4, 0.5) is 0 Å². The standard InChI is InChI=1S/C15H16O2/c16-9-3-5-12-4-1-6-13(10-12)14-7-2-8-15(17)11-14/h1-2,4,6-8,10-11,16-17H,3,5,9H2. The van der Waals surface area contributed by atoms with Crippen LogP contribution in [0.25, 0.3) is 11.1 Å². The molecule has 0 atom stereocenters. The molecular formula is C15H16O2. The minimum Gasteiger partial charge on any atom is -0.508 e. The van der Waals surface area contributed by atoms with Crippen molar-refractivity contribution < 1.29 is 10.2 Å². The van der Waals surface area contributed by atoms with E-state index in [2.05, 4.69) is 12.1 Å². The molecule has 0 saturated carbocycles. The fourth-order valence-corrected chi connectivity index (χ4v) is 1.88. The van der Waals surface area contributed by atoms with Crippen molar-refractivity contribution in [1.82, 2.24) is 0 Å². The van der Waals surface area contributed by atoms with Crippen LogP contribution >= 0.6 is 0 Å². The van der Waals surface area contributed by atoms with Gasteiger partial charge < -0.3 is 10.2 Å². The van der Waals surface area contributed by atoms with Crippen LogP contribution in [0, 0.1) is 0 Å². The predicted molar refractivity (Wildman–Crippen MR) is 68.9 cm³/mol. The summed E-state index contributed by atoms with van der Waals surface area (Å²) >= 11 is 0. The topological polar surface area (TPSA) is 40.5 Å². The molecule has 17 heavy (non-hydrogen) atoms. The summed E-state index contributed by atoms with van der Waals surface area (Å²) in [5.41, 5.74) is 3.31. The van der Waals surface area contributed by atoms with Gasteiger partial charge in [-0.1, -0.05) is 36.4 Å². The Labute approximate surface area is 101 Å². The van der Waals surface area contributed by atoms with E-state index in [4.69, 9.17) is 5.11 Å². The van der Waals surface area contributed by atoms with Gasteiger partial charge >= 0.3 is 0 Å². The van der Waals surface area contributed by atoms with Gasteiger partial charge in [-0.05, 0) is 41.7 Å². The highest BCUT2D eigenvalue weighted by Gasteiger charge is 2.00. The van der Waals surface area contributed by atoms with Gasteiger partial charge in [-0.3, -0.25) is 0 Å². The molecule has 2 rings (SSSR count). The molecule has 0 aliphatic rings. The third-order valence-corrected chi connectivity index (χ3v) is 2.73. The summed E-state index contributed by atoms with van der Waals surface area (Å²) < 4.78 is 0. The molecule has 0 heterocycles. The lowest BCUT2D eigenvalue weighted by molar-refractivity contribution is 0.288. The first-order valence-corrected chi connectivity index (χ1v) is 5.79. The lowest BCUT2D eigenvalue weighted by atomic mass is 10.0. The Morgan fingerprint density at radius 2 is 1.59 bits per heavy atom. The Bertz CT molecular complexity index is 492. The van der Waals surface area contributed by atoms with Crippen LogP contribution in [0.3, 0.4) is 0 Å². The van der Waals surface area contributed by atoms with Crippen LogP contribution in [-0.2, 0) is 6.42 Å². The average Bonchev–Trinajstić information content (AvgIpc) is 2.37. The number of aromatic hydroxyl groups is 1. The molecule has 0 radical (unpaired) electrons. The van der Waals surface area contributed by atoms with E-state index in [1.807, 2.05) is 24.3 Å². The zero-order valence-corrected chi connectivity index (χ0v) is 9.63. The predicted octanol–water partition coefficient (Wildman–Crippen LogP) is 2.98. The summed E-state index contributed by atoms with van der Waals surface area (Å²) in [4.78, 5) is 0. The van der Waals surface area contributed by atoms with Gasteiger partial charge in [-0.25, -0.2) is 0 Å². The molecule has 0 aliphatic heterocycles. The highest BCUT2D eigenvalue weighted by molar-refractivity contribution is 5.65. The van der Waals surface area contributed by atoms with E-state index < -0.39 is 0 Å². The Morgan fingerprint density at radius 3 is 2.29 bits per heavy atom. The Balaban J connectivity index is 2.26. The highest BCUT2D eigenvalue weighted by Crippen LogP contribution is 2.24. The van der Waals surface area contributed by atoms with E-state index in [1.165, 1.54) is 5.56 Å². The maximum atomic E-state index is 9.45. The van der Waals surface area contributed by atoms with Gasteiger partial charge in [0.05, 0.1) is 0 Å². The highest BCUT2D eigenvalue weighted by atomic mass is 16.3. The average molecular weight is 228 g/mol. The molecule has 0 unspecified atom stereocenters. The van der Waals surface area contributed by atoms with Gasteiger partial charge in [0.15, 0.2) is 0 Å². The third kappa shape index (κ3) is 3.08. The van der Waals surface area contributed by atoms with E-state index in [-0.39, 0.29) is 12.4 Å². The molecule has 0 spiro atoms. The van der Waals surface area contributed by atoms with Crippen molar-refractivity contribution in [3.63, 3.8) is 0 Å². The molecule has 2 aromatic carbocycles. The molecule has 2 nitrogen and oxygen atoms in total. The van der Waals surface area contributed by atoms with Crippen molar-refractivity contribution in [3.05, 3.63) is 54.1 Å². The zero-order valence-electron chi connectivity index (χ0n) is 9.63. The summed E-state index contributed by atoms with van der Waals surface area (Å²) in [6.07, 6.45) is 1.66. The molecule has 88 valence electrons. The van der Waals surface area contributed by atoms with Crippen LogP contribution in [0.1, 0.15) is 12.0 Å². The fourth-order valence-electron chi connectivity index (χ4n) is 1.88. The molecular weight excluding hydrogens is 212 g/mol. The minimum atomic E-state index is 0.219. The van der Waals surface area contributed by atoms with Crippen LogP contribution in [0.15, 0.2) is 48.5 Å². The van der Waals surface area contributed by atoms with Crippen molar-refractivity contribution in [2.75, 3.05) is 6.61 Å². The van der Waals surface area contributed by atoms with Gasteiger partial charge in [-0.15, -0.1) is 0 Å². The number of aryl methyl sites for hydroxylation is 1. The number of hydrogen-bond donors (Lipinski definition) is 2. The first-order valence-electron chi connectivity index (χ1n) is 5.79. The Kier molecular flexibility index (Phi) is 3.78. The normalized spacial score (nSPS) is 10.4. The van der Waals surface area contributed by atoms with E-state index in [0.29, 0.717) is 0 Å². The molecule has 2 heteroatoms. The summed E-state index contributed by atoms with van der Waals surface area (Å²) in [5, 5.41) is 18.3. The second-order valence-electron chi connectivity index (χ2n) is 4.08. The quantitative estimate of drug-likeness (QED) is 0.844. The second-order valence-corrected chi connectivity index (χ2v) is 4.08. The van der Waals surface area contributed by atoms with Gasteiger partial charge in [0.1, 0.15) is 5.75 Å². The van der Waals surface area contributed by atoms with Crippen LogP contribution < -0.4 is 0 Å². The van der Waals surface area contributed by atoms with Crippen molar-refractivity contribution in [2.45, 2.75) is 12.8 Å². The number of hydrogen-bond acceptors (Lipinski definition) is 2. The molecule has 0 amide bonds. The molecule has 2 N–H and O–H groups in total. The SMILES string of the molecule is OCCCc1cccc(-c2cccc(O)c2)c1. The minimum absolute atomic E-state index is 0.219. The molecule has 2 aromatic rings.